The van der Waals surface area contributed by atoms with Crippen LogP contribution < -0.4 is 5.73 Å². The summed E-state index contributed by atoms with van der Waals surface area (Å²) in [6, 6.07) is 0. The van der Waals surface area contributed by atoms with Crippen LogP contribution in [0.25, 0.3) is 0 Å². The van der Waals surface area contributed by atoms with Crippen LogP contribution >= 0.6 is 0 Å². The van der Waals surface area contributed by atoms with Gasteiger partial charge in [0.1, 0.15) is 11.9 Å². The third-order valence-electron chi connectivity index (χ3n) is 3.69. The van der Waals surface area contributed by atoms with Gasteiger partial charge in [0, 0.05) is 17.9 Å². The zero-order chi connectivity index (χ0) is 13.8. The van der Waals surface area contributed by atoms with Gasteiger partial charge in [-0.15, -0.1) is 0 Å². The number of aryl methyl sites for hydroxylation is 1. The van der Waals surface area contributed by atoms with Crippen LogP contribution in [0.4, 0.5) is 5.82 Å². The fourth-order valence-corrected chi connectivity index (χ4v) is 2.69. The predicted molar refractivity (Wildman–Crippen MR) is 76.9 cm³/mol. The van der Waals surface area contributed by atoms with Crippen molar-refractivity contribution in [2.24, 2.45) is 5.92 Å². The van der Waals surface area contributed by atoms with Crippen molar-refractivity contribution in [1.29, 1.82) is 0 Å². The fourth-order valence-electron chi connectivity index (χ4n) is 2.69. The Bertz CT molecular complexity index is 432. The molecule has 1 atom stereocenters. The molecule has 1 heterocycles. The van der Waals surface area contributed by atoms with Crippen LogP contribution in [0.2, 0.25) is 0 Å². The first-order valence-electron chi connectivity index (χ1n) is 7.40. The van der Waals surface area contributed by atoms with Crippen LogP contribution in [0, 0.1) is 5.92 Å². The molecule has 0 saturated heterocycles. The number of nitrogen functional groups attached to an aromatic ring is 1. The second kappa shape index (κ2) is 6.33. The van der Waals surface area contributed by atoms with E-state index in [2.05, 4.69) is 18.8 Å². The quantitative estimate of drug-likeness (QED) is 0.848. The molecule has 0 fully saturated rings. The summed E-state index contributed by atoms with van der Waals surface area (Å²) in [5, 5.41) is 0. The van der Waals surface area contributed by atoms with Crippen LogP contribution in [0.15, 0.2) is 0 Å². The summed E-state index contributed by atoms with van der Waals surface area (Å²) < 4.78 is 5.79. The van der Waals surface area contributed by atoms with E-state index < -0.39 is 0 Å². The Kier molecular flexibility index (Phi) is 4.75. The molecule has 2 rings (SSSR count). The Morgan fingerprint density at radius 3 is 2.58 bits per heavy atom. The van der Waals surface area contributed by atoms with E-state index in [-0.39, 0.29) is 6.10 Å². The van der Waals surface area contributed by atoms with Crippen molar-refractivity contribution in [2.75, 3.05) is 12.3 Å². The van der Waals surface area contributed by atoms with E-state index in [1.807, 2.05) is 6.92 Å². The van der Waals surface area contributed by atoms with Crippen LogP contribution in [0.1, 0.15) is 63.2 Å². The first-order chi connectivity index (χ1) is 9.13. The highest BCUT2D eigenvalue weighted by atomic mass is 16.5. The number of aromatic nitrogens is 2. The average molecular weight is 263 g/mol. The lowest BCUT2D eigenvalue weighted by Gasteiger charge is -2.21. The SMILES string of the molecule is CCOC(c1nc(N)c2c(n1)CCCCC2)C(C)C. The van der Waals surface area contributed by atoms with Crippen molar-refractivity contribution in [3.63, 3.8) is 0 Å². The minimum Gasteiger partial charge on any atom is -0.383 e. The van der Waals surface area contributed by atoms with Gasteiger partial charge in [-0.25, -0.2) is 9.97 Å². The number of fused-ring (bicyclic) bond motifs is 1. The molecule has 1 aliphatic carbocycles. The normalized spacial score (nSPS) is 17.1. The third-order valence-corrected chi connectivity index (χ3v) is 3.69. The number of nitrogens with two attached hydrogens (primary N) is 1. The average Bonchev–Trinajstić information content (AvgIpc) is 2.61. The second-order valence-corrected chi connectivity index (χ2v) is 5.57. The van der Waals surface area contributed by atoms with Gasteiger partial charge in [0.15, 0.2) is 5.82 Å². The second-order valence-electron chi connectivity index (χ2n) is 5.57. The number of nitrogens with zero attached hydrogens (tertiary/aromatic N) is 2. The van der Waals surface area contributed by atoms with E-state index in [1.165, 1.54) is 24.8 Å². The van der Waals surface area contributed by atoms with Crippen molar-refractivity contribution >= 4 is 5.82 Å². The van der Waals surface area contributed by atoms with E-state index in [9.17, 15) is 0 Å². The van der Waals surface area contributed by atoms with E-state index in [1.54, 1.807) is 0 Å². The maximum Gasteiger partial charge on any atom is 0.160 e. The summed E-state index contributed by atoms with van der Waals surface area (Å²) in [5.74, 6) is 1.77. The molecule has 1 aromatic heterocycles. The van der Waals surface area contributed by atoms with Gasteiger partial charge in [0.05, 0.1) is 0 Å². The van der Waals surface area contributed by atoms with Gasteiger partial charge >= 0.3 is 0 Å². The lowest BCUT2D eigenvalue weighted by Crippen LogP contribution is -2.18. The van der Waals surface area contributed by atoms with Crippen molar-refractivity contribution < 1.29 is 4.74 Å². The summed E-state index contributed by atoms with van der Waals surface area (Å²) in [7, 11) is 0. The molecule has 2 N–H and O–H groups in total. The molecule has 106 valence electrons. The molecule has 0 radical (unpaired) electrons. The van der Waals surface area contributed by atoms with Gasteiger partial charge in [0.25, 0.3) is 0 Å². The highest BCUT2D eigenvalue weighted by Gasteiger charge is 2.23. The first-order valence-corrected chi connectivity index (χ1v) is 7.40. The lowest BCUT2D eigenvalue weighted by atomic mass is 10.0. The van der Waals surface area contributed by atoms with Crippen molar-refractivity contribution in [3.8, 4) is 0 Å². The molecule has 4 heteroatoms. The van der Waals surface area contributed by atoms with Crippen molar-refractivity contribution in [2.45, 2.75) is 59.0 Å². The molecule has 1 unspecified atom stereocenters. The summed E-state index contributed by atoms with van der Waals surface area (Å²) >= 11 is 0. The van der Waals surface area contributed by atoms with Gasteiger partial charge < -0.3 is 10.5 Å². The molecule has 0 amide bonds. The number of anilines is 1. The Morgan fingerprint density at radius 2 is 1.89 bits per heavy atom. The maximum atomic E-state index is 6.14. The monoisotopic (exact) mass is 263 g/mol. The Morgan fingerprint density at radius 1 is 1.16 bits per heavy atom. The van der Waals surface area contributed by atoms with E-state index >= 15 is 0 Å². The minimum absolute atomic E-state index is 0.0548. The van der Waals surface area contributed by atoms with Crippen LogP contribution in [0.5, 0.6) is 0 Å². The van der Waals surface area contributed by atoms with Gasteiger partial charge in [-0.1, -0.05) is 20.3 Å². The molecule has 0 bridgehead atoms. The Hall–Kier alpha value is -1.16. The molecule has 0 spiro atoms. The van der Waals surface area contributed by atoms with Crippen LogP contribution in [-0.4, -0.2) is 16.6 Å². The first kappa shape index (κ1) is 14.3. The largest absolute Gasteiger partial charge is 0.383 e. The summed E-state index contributed by atoms with van der Waals surface area (Å²) in [5.41, 5.74) is 8.45. The smallest absolute Gasteiger partial charge is 0.160 e. The van der Waals surface area contributed by atoms with Gasteiger partial charge in [-0.3, -0.25) is 0 Å². The van der Waals surface area contributed by atoms with E-state index in [0.29, 0.717) is 18.3 Å². The van der Waals surface area contributed by atoms with Crippen LogP contribution in [-0.2, 0) is 17.6 Å². The minimum atomic E-state index is -0.0548. The van der Waals surface area contributed by atoms with E-state index in [0.717, 1.165) is 24.4 Å². The number of hydrogen-bond acceptors (Lipinski definition) is 4. The zero-order valence-corrected chi connectivity index (χ0v) is 12.3. The fraction of sp³-hybridized carbons (Fsp3) is 0.733. The summed E-state index contributed by atoms with van der Waals surface area (Å²) in [6.45, 7) is 6.93. The molecule has 0 saturated carbocycles. The zero-order valence-electron chi connectivity index (χ0n) is 12.3. The van der Waals surface area contributed by atoms with Gasteiger partial charge in [0.2, 0.25) is 0 Å². The van der Waals surface area contributed by atoms with Gasteiger partial charge in [-0.05, 0) is 38.5 Å². The number of hydrogen-bond donors (Lipinski definition) is 1. The highest BCUT2D eigenvalue weighted by molar-refractivity contribution is 5.43. The number of ether oxygens (including phenoxy) is 1. The van der Waals surface area contributed by atoms with Crippen molar-refractivity contribution in [3.05, 3.63) is 17.1 Å². The third kappa shape index (κ3) is 3.24. The predicted octanol–water partition coefficient (Wildman–Crippen LogP) is 3.06. The standard InChI is InChI=1S/C15H25N3O/c1-4-19-13(10(2)3)15-17-12-9-7-5-6-8-11(12)14(16)18-15/h10,13H,4-9H2,1-3H3,(H2,16,17,18). The lowest BCUT2D eigenvalue weighted by molar-refractivity contribution is 0.0231. The molecular formula is C15H25N3O. The van der Waals surface area contributed by atoms with Crippen molar-refractivity contribution in [1.82, 2.24) is 9.97 Å². The number of rotatable bonds is 4. The molecule has 4 nitrogen and oxygen atoms in total. The van der Waals surface area contributed by atoms with Gasteiger partial charge in [-0.2, -0.15) is 0 Å². The summed E-state index contributed by atoms with van der Waals surface area (Å²) in [6.07, 6.45) is 5.63. The van der Waals surface area contributed by atoms with Crippen LogP contribution in [0.3, 0.4) is 0 Å². The maximum absolute atomic E-state index is 6.14. The highest BCUT2D eigenvalue weighted by Crippen LogP contribution is 2.28. The molecule has 19 heavy (non-hydrogen) atoms. The molecule has 1 aliphatic rings. The molecule has 0 aliphatic heterocycles. The van der Waals surface area contributed by atoms with E-state index in [4.69, 9.17) is 15.5 Å². The Labute approximate surface area is 115 Å². The topological polar surface area (TPSA) is 61.0 Å². The molecule has 0 aromatic carbocycles. The molecule has 1 aromatic rings. The summed E-state index contributed by atoms with van der Waals surface area (Å²) in [4.78, 5) is 9.27. The molecular weight excluding hydrogens is 238 g/mol. The Balaban J connectivity index is 2.36.